The van der Waals surface area contributed by atoms with E-state index in [0.717, 1.165) is 11.4 Å². The maximum absolute atomic E-state index is 12.3. The van der Waals surface area contributed by atoms with E-state index in [1.165, 1.54) is 0 Å². The first-order valence-corrected chi connectivity index (χ1v) is 7.84. The van der Waals surface area contributed by atoms with Crippen molar-refractivity contribution in [3.63, 3.8) is 0 Å². The number of nitrogens with zero attached hydrogens (tertiary/aromatic N) is 1. The Labute approximate surface area is 122 Å². The zero-order valence-corrected chi connectivity index (χ0v) is 12.2. The average Bonchev–Trinajstić information content (AvgIpc) is 2.77. The first-order valence-electron chi connectivity index (χ1n) is 6.23. The van der Waals surface area contributed by atoms with Gasteiger partial charge in [-0.1, -0.05) is 18.2 Å². The van der Waals surface area contributed by atoms with Gasteiger partial charge in [0.25, 0.3) is 0 Å². The van der Waals surface area contributed by atoms with Crippen LogP contribution in [-0.2, 0) is 24.3 Å². The Morgan fingerprint density at radius 3 is 2.67 bits per heavy atom. The van der Waals surface area contributed by atoms with E-state index in [1.807, 2.05) is 0 Å². The summed E-state index contributed by atoms with van der Waals surface area (Å²) in [5.74, 6) is -3.04. The van der Waals surface area contributed by atoms with E-state index in [1.54, 1.807) is 24.3 Å². The van der Waals surface area contributed by atoms with Gasteiger partial charge in [-0.3, -0.25) is 13.9 Å². The molecule has 0 spiro atoms. The van der Waals surface area contributed by atoms with Gasteiger partial charge in [-0.15, -0.1) is 0 Å². The minimum atomic E-state index is -3.89. The van der Waals surface area contributed by atoms with Crippen molar-refractivity contribution >= 4 is 27.6 Å². The minimum absolute atomic E-state index is 0.0188. The van der Waals surface area contributed by atoms with Crippen LogP contribution in [0.3, 0.4) is 0 Å². The number of fused-ring (bicyclic) bond motifs is 1. The van der Waals surface area contributed by atoms with Crippen LogP contribution < -0.4 is 4.31 Å². The first kappa shape index (κ1) is 15.3. The van der Waals surface area contributed by atoms with Crippen LogP contribution in [0.25, 0.3) is 0 Å². The van der Waals surface area contributed by atoms with E-state index in [-0.39, 0.29) is 13.0 Å². The number of benzene rings is 1. The molecule has 21 heavy (non-hydrogen) atoms. The summed E-state index contributed by atoms with van der Waals surface area (Å²) in [6.07, 6.45) is -0.165. The number of anilines is 1. The third-order valence-electron chi connectivity index (χ3n) is 3.32. The fraction of sp³-hybridized carbons (Fsp3) is 0.385. The Morgan fingerprint density at radius 2 is 2.05 bits per heavy atom. The highest BCUT2D eigenvalue weighted by Gasteiger charge is 2.37. The standard InChI is InChI=1S/C13H15NO6S/c1-20-13(17)8-21(18,19)14-7-9(6-12(15)16)10-4-2-3-5-11(10)14/h2-5,9H,6-8H2,1H3,(H,15,16). The molecule has 1 N–H and O–H groups in total. The number of sulfonamides is 1. The summed E-state index contributed by atoms with van der Waals surface area (Å²) in [5, 5.41) is 8.93. The summed E-state index contributed by atoms with van der Waals surface area (Å²) < 4.78 is 30.0. The van der Waals surface area contributed by atoms with Crippen LogP contribution in [0, 0.1) is 0 Å². The molecule has 1 unspecified atom stereocenters. The number of carbonyl (C=O) groups is 2. The van der Waals surface area contributed by atoms with Crippen LogP contribution in [0.1, 0.15) is 17.9 Å². The van der Waals surface area contributed by atoms with Crippen molar-refractivity contribution in [2.45, 2.75) is 12.3 Å². The zero-order chi connectivity index (χ0) is 15.6. The van der Waals surface area contributed by atoms with Crippen LogP contribution in [0.15, 0.2) is 24.3 Å². The van der Waals surface area contributed by atoms with Crippen molar-refractivity contribution in [2.24, 2.45) is 0 Å². The van der Waals surface area contributed by atoms with Crippen molar-refractivity contribution in [1.82, 2.24) is 0 Å². The highest BCUT2D eigenvalue weighted by molar-refractivity contribution is 7.93. The minimum Gasteiger partial charge on any atom is -0.481 e. The molecule has 8 heteroatoms. The third kappa shape index (κ3) is 3.15. The normalized spacial score (nSPS) is 17.4. The number of carboxylic acid groups (broad SMARTS) is 1. The smallest absolute Gasteiger partial charge is 0.322 e. The van der Waals surface area contributed by atoms with Crippen molar-refractivity contribution in [3.05, 3.63) is 29.8 Å². The lowest BCUT2D eigenvalue weighted by atomic mass is 9.98. The number of ether oxygens (including phenoxy) is 1. The fourth-order valence-corrected chi connectivity index (χ4v) is 3.84. The van der Waals surface area contributed by atoms with Gasteiger partial charge < -0.3 is 9.84 Å². The number of esters is 1. The molecule has 1 aliphatic rings. The second-order valence-corrected chi connectivity index (χ2v) is 6.61. The Morgan fingerprint density at radius 1 is 1.38 bits per heavy atom. The molecule has 0 radical (unpaired) electrons. The fourth-order valence-electron chi connectivity index (χ4n) is 2.39. The predicted molar refractivity (Wildman–Crippen MR) is 74.6 cm³/mol. The Kier molecular flexibility index (Phi) is 4.17. The van der Waals surface area contributed by atoms with Crippen LogP contribution in [0.4, 0.5) is 5.69 Å². The van der Waals surface area contributed by atoms with Crippen molar-refractivity contribution in [1.29, 1.82) is 0 Å². The van der Waals surface area contributed by atoms with Gasteiger partial charge >= 0.3 is 11.9 Å². The molecule has 0 saturated carbocycles. The largest absolute Gasteiger partial charge is 0.481 e. The monoisotopic (exact) mass is 313 g/mol. The Balaban J connectivity index is 2.35. The van der Waals surface area contributed by atoms with Gasteiger partial charge in [-0.2, -0.15) is 0 Å². The number of para-hydroxylation sites is 1. The first-order chi connectivity index (χ1) is 9.85. The number of carboxylic acids is 1. The van der Waals surface area contributed by atoms with Crippen molar-refractivity contribution in [2.75, 3.05) is 23.7 Å². The van der Waals surface area contributed by atoms with Crippen molar-refractivity contribution in [3.8, 4) is 0 Å². The second kappa shape index (κ2) is 5.72. The van der Waals surface area contributed by atoms with Gasteiger partial charge in [0, 0.05) is 12.5 Å². The molecule has 0 bridgehead atoms. The number of hydrogen-bond acceptors (Lipinski definition) is 5. The van der Waals surface area contributed by atoms with E-state index in [9.17, 15) is 18.0 Å². The quantitative estimate of drug-likeness (QED) is 0.797. The lowest BCUT2D eigenvalue weighted by Crippen LogP contribution is -2.35. The van der Waals surface area contributed by atoms with Crippen LogP contribution in [-0.4, -0.2) is 44.9 Å². The van der Waals surface area contributed by atoms with Crippen LogP contribution >= 0.6 is 0 Å². The van der Waals surface area contributed by atoms with Gasteiger partial charge in [0.2, 0.25) is 10.0 Å². The molecular formula is C13H15NO6S. The molecule has 1 heterocycles. The number of carbonyl (C=O) groups excluding carboxylic acids is 1. The Bertz CT molecular complexity index is 669. The molecule has 0 aromatic heterocycles. The average molecular weight is 313 g/mol. The summed E-state index contributed by atoms with van der Waals surface area (Å²) in [6, 6.07) is 6.70. The molecule has 1 aromatic carbocycles. The van der Waals surface area contributed by atoms with Gasteiger partial charge in [-0.25, -0.2) is 8.42 Å². The summed E-state index contributed by atoms with van der Waals surface area (Å²) in [4.78, 5) is 22.1. The van der Waals surface area contributed by atoms with E-state index < -0.39 is 33.6 Å². The van der Waals surface area contributed by atoms with E-state index in [0.29, 0.717) is 11.3 Å². The predicted octanol–water partition coefficient (Wildman–Crippen LogP) is 0.568. The molecular weight excluding hydrogens is 298 g/mol. The molecule has 1 atom stereocenters. The number of hydrogen-bond donors (Lipinski definition) is 1. The Hall–Kier alpha value is -2.09. The maximum Gasteiger partial charge on any atom is 0.322 e. The molecule has 0 fully saturated rings. The SMILES string of the molecule is COC(=O)CS(=O)(=O)N1CC(CC(=O)O)c2ccccc21. The van der Waals surface area contributed by atoms with E-state index >= 15 is 0 Å². The lowest BCUT2D eigenvalue weighted by molar-refractivity contribution is -0.138. The molecule has 7 nitrogen and oxygen atoms in total. The van der Waals surface area contributed by atoms with Gasteiger partial charge in [0.1, 0.15) is 0 Å². The van der Waals surface area contributed by atoms with E-state index in [2.05, 4.69) is 4.74 Å². The zero-order valence-electron chi connectivity index (χ0n) is 11.4. The highest BCUT2D eigenvalue weighted by atomic mass is 32.2. The molecule has 0 saturated heterocycles. The maximum atomic E-state index is 12.3. The van der Waals surface area contributed by atoms with Gasteiger partial charge in [0.05, 0.1) is 19.2 Å². The van der Waals surface area contributed by atoms with Crippen LogP contribution in [0.2, 0.25) is 0 Å². The molecule has 114 valence electrons. The topological polar surface area (TPSA) is 101 Å². The second-order valence-electron chi connectivity index (χ2n) is 4.72. The van der Waals surface area contributed by atoms with Gasteiger partial charge in [-0.05, 0) is 11.6 Å². The third-order valence-corrected chi connectivity index (χ3v) is 4.93. The lowest BCUT2D eigenvalue weighted by Gasteiger charge is -2.19. The number of rotatable bonds is 5. The summed E-state index contributed by atoms with van der Waals surface area (Å²) in [5.41, 5.74) is 1.08. The molecule has 1 aliphatic heterocycles. The summed E-state index contributed by atoms with van der Waals surface area (Å²) >= 11 is 0. The van der Waals surface area contributed by atoms with Crippen molar-refractivity contribution < 1.29 is 27.9 Å². The number of aliphatic carboxylic acids is 1. The highest BCUT2D eigenvalue weighted by Crippen LogP contribution is 2.39. The molecule has 2 rings (SSSR count). The molecule has 0 amide bonds. The summed E-state index contributed by atoms with van der Waals surface area (Å²) in [7, 11) is -2.77. The summed E-state index contributed by atoms with van der Waals surface area (Å²) in [6.45, 7) is 0.0188. The van der Waals surface area contributed by atoms with Gasteiger partial charge in [0.15, 0.2) is 5.75 Å². The number of methoxy groups -OCH3 is 1. The molecule has 0 aliphatic carbocycles. The molecule has 1 aromatic rings. The van der Waals surface area contributed by atoms with E-state index in [4.69, 9.17) is 5.11 Å². The van der Waals surface area contributed by atoms with Crippen LogP contribution in [0.5, 0.6) is 0 Å².